The number of anilines is 1. The summed E-state index contributed by atoms with van der Waals surface area (Å²) >= 11 is 1.42. The number of carbonyl (C=O) groups is 1. The van der Waals surface area contributed by atoms with Crippen LogP contribution in [0.2, 0.25) is 0 Å². The minimum Gasteiger partial charge on any atom is -0.465 e. The molecule has 3 rings (SSSR count). The fourth-order valence-electron chi connectivity index (χ4n) is 2.80. The highest BCUT2D eigenvalue weighted by atomic mass is 32.1. The standard InChI is InChI=1S/C19H21N3O2S/c1-2-24-18(23)17(21-11-15-12-22-19(20)25-15)10-14-8-5-7-13-6-3-4-9-16(13)14/h3-9,12,17,21H,2,10-11H2,1H3,(H2,20,22). The molecule has 0 radical (unpaired) electrons. The van der Waals surface area contributed by atoms with Gasteiger partial charge in [0.25, 0.3) is 0 Å². The molecule has 5 nitrogen and oxygen atoms in total. The molecular formula is C19H21N3O2S. The third-order valence-electron chi connectivity index (χ3n) is 3.97. The van der Waals surface area contributed by atoms with Gasteiger partial charge in [-0.25, -0.2) is 4.98 Å². The normalized spacial score (nSPS) is 12.2. The van der Waals surface area contributed by atoms with Crippen LogP contribution in [0.5, 0.6) is 0 Å². The lowest BCUT2D eigenvalue weighted by Crippen LogP contribution is -2.39. The number of ether oxygens (including phenoxy) is 1. The summed E-state index contributed by atoms with van der Waals surface area (Å²) < 4.78 is 5.24. The van der Waals surface area contributed by atoms with Gasteiger partial charge < -0.3 is 10.5 Å². The van der Waals surface area contributed by atoms with Gasteiger partial charge in [0.05, 0.1) is 6.61 Å². The number of carbonyl (C=O) groups excluding carboxylic acids is 1. The van der Waals surface area contributed by atoms with Gasteiger partial charge in [0, 0.05) is 17.6 Å². The van der Waals surface area contributed by atoms with Crippen LogP contribution in [0.4, 0.5) is 5.13 Å². The highest BCUT2D eigenvalue weighted by molar-refractivity contribution is 7.15. The number of hydrogen-bond donors (Lipinski definition) is 2. The van der Waals surface area contributed by atoms with E-state index in [0.29, 0.717) is 24.7 Å². The number of thiazole rings is 1. The molecule has 1 unspecified atom stereocenters. The average Bonchev–Trinajstić information content (AvgIpc) is 3.04. The maximum atomic E-state index is 12.4. The van der Waals surface area contributed by atoms with Crippen LogP contribution in [0.15, 0.2) is 48.7 Å². The third kappa shape index (κ3) is 4.35. The van der Waals surface area contributed by atoms with Gasteiger partial charge in [-0.2, -0.15) is 0 Å². The zero-order valence-corrected chi connectivity index (χ0v) is 14.9. The summed E-state index contributed by atoms with van der Waals surface area (Å²) in [5, 5.41) is 6.13. The van der Waals surface area contributed by atoms with Crippen LogP contribution in [0.3, 0.4) is 0 Å². The Morgan fingerprint density at radius 2 is 2.08 bits per heavy atom. The lowest BCUT2D eigenvalue weighted by atomic mass is 9.98. The van der Waals surface area contributed by atoms with Gasteiger partial charge in [-0.3, -0.25) is 10.1 Å². The lowest BCUT2D eigenvalue weighted by Gasteiger charge is -2.18. The van der Waals surface area contributed by atoms with E-state index in [0.717, 1.165) is 21.2 Å². The summed E-state index contributed by atoms with van der Waals surface area (Å²) in [4.78, 5) is 17.4. The quantitative estimate of drug-likeness (QED) is 0.637. The van der Waals surface area contributed by atoms with Crippen LogP contribution in [0.1, 0.15) is 17.4 Å². The molecule has 6 heteroatoms. The lowest BCUT2D eigenvalue weighted by molar-refractivity contribution is -0.145. The number of nitrogens with one attached hydrogen (secondary N) is 1. The number of aromatic nitrogens is 1. The summed E-state index contributed by atoms with van der Waals surface area (Å²) in [6, 6.07) is 13.9. The molecule has 0 aliphatic heterocycles. The van der Waals surface area contributed by atoms with Crippen LogP contribution in [-0.4, -0.2) is 23.6 Å². The van der Waals surface area contributed by atoms with Crippen molar-refractivity contribution in [2.24, 2.45) is 0 Å². The van der Waals surface area contributed by atoms with Crippen molar-refractivity contribution in [2.45, 2.75) is 25.9 Å². The molecule has 1 aromatic heterocycles. The topological polar surface area (TPSA) is 77.2 Å². The molecule has 0 fully saturated rings. The monoisotopic (exact) mass is 355 g/mol. The van der Waals surface area contributed by atoms with Crippen molar-refractivity contribution in [1.29, 1.82) is 0 Å². The fourth-order valence-corrected chi connectivity index (χ4v) is 3.44. The van der Waals surface area contributed by atoms with Gasteiger partial charge in [0.2, 0.25) is 0 Å². The van der Waals surface area contributed by atoms with Gasteiger partial charge in [-0.1, -0.05) is 42.5 Å². The van der Waals surface area contributed by atoms with Gasteiger partial charge in [0.15, 0.2) is 5.13 Å². The van der Waals surface area contributed by atoms with Crippen molar-refractivity contribution in [2.75, 3.05) is 12.3 Å². The molecule has 0 amide bonds. The van der Waals surface area contributed by atoms with Crippen LogP contribution < -0.4 is 11.1 Å². The summed E-state index contributed by atoms with van der Waals surface area (Å²) in [5.74, 6) is -0.243. The van der Waals surface area contributed by atoms with Crippen LogP contribution >= 0.6 is 11.3 Å². The number of nitrogens with two attached hydrogens (primary N) is 1. The highest BCUT2D eigenvalue weighted by Gasteiger charge is 2.21. The van der Waals surface area contributed by atoms with E-state index in [9.17, 15) is 4.79 Å². The van der Waals surface area contributed by atoms with E-state index in [1.54, 1.807) is 6.20 Å². The minimum atomic E-state index is -0.422. The first-order chi connectivity index (χ1) is 12.2. The number of nitrogen functional groups attached to an aromatic ring is 1. The molecule has 0 aliphatic rings. The second-order valence-corrected chi connectivity index (χ2v) is 6.84. The maximum Gasteiger partial charge on any atom is 0.323 e. The van der Waals surface area contributed by atoms with Crippen LogP contribution in [0.25, 0.3) is 10.8 Å². The first-order valence-corrected chi connectivity index (χ1v) is 9.06. The summed E-state index contributed by atoms with van der Waals surface area (Å²) in [6.07, 6.45) is 2.29. The number of rotatable bonds is 7. The predicted molar refractivity (Wildman–Crippen MR) is 101 cm³/mol. The van der Waals surface area contributed by atoms with Gasteiger partial charge in [-0.15, -0.1) is 11.3 Å². The zero-order chi connectivity index (χ0) is 17.6. The molecule has 3 aromatic rings. The second kappa shape index (κ2) is 8.09. The Balaban J connectivity index is 1.79. The third-order valence-corrected chi connectivity index (χ3v) is 4.80. The van der Waals surface area contributed by atoms with Crippen molar-refractivity contribution < 1.29 is 9.53 Å². The SMILES string of the molecule is CCOC(=O)C(Cc1cccc2ccccc12)NCc1cnc(N)s1. The van der Waals surface area contributed by atoms with E-state index in [2.05, 4.69) is 34.6 Å². The van der Waals surface area contributed by atoms with Crippen LogP contribution in [-0.2, 0) is 22.5 Å². The van der Waals surface area contributed by atoms with E-state index < -0.39 is 6.04 Å². The summed E-state index contributed by atoms with van der Waals surface area (Å²) in [6.45, 7) is 2.71. The Morgan fingerprint density at radius 1 is 1.28 bits per heavy atom. The Hall–Kier alpha value is -2.44. The van der Waals surface area contributed by atoms with Crippen LogP contribution in [0, 0.1) is 0 Å². The molecule has 0 saturated heterocycles. The van der Waals surface area contributed by atoms with Crippen molar-refractivity contribution in [3.63, 3.8) is 0 Å². The van der Waals surface area contributed by atoms with Gasteiger partial charge in [-0.05, 0) is 29.7 Å². The van der Waals surface area contributed by atoms with E-state index in [1.807, 2.05) is 25.1 Å². The summed E-state index contributed by atoms with van der Waals surface area (Å²) in [5.41, 5.74) is 6.78. The van der Waals surface area contributed by atoms with Gasteiger partial charge >= 0.3 is 5.97 Å². The Bertz CT molecular complexity index is 857. The average molecular weight is 355 g/mol. The van der Waals surface area contributed by atoms with Gasteiger partial charge in [0.1, 0.15) is 6.04 Å². The minimum absolute atomic E-state index is 0.243. The molecule has 2 aromatic carbocycles. The molecule has 130 valence electrons. The number of benzene rings is 2. The molecule has 1 atom stereocenters. The zero-order valence-electron chi connectivity index (χ0n) is 14.1. The van der Waals surface area contributed by atoms with E-state index >= 15 is 0 Å². The van der Waals surface area contributed by atoms with Crippen molar-refractivity contribution >= 4 is 33.2 Å². The van der Waals surface area contributed by atoms with E-state index in [4.69, 9.17) is 10.5 Å². The number of fused-ring (bicyclic) bond motifs is 1. The second-order valence-electron chi connectivity index (χ2n) is 5.69. The number of esters is 1. The number of nitrogens with zero attached hydrogens (tertiary/aromatic N) is 1. The molecule has 0 spiro atoms. The maximum absolute atomic E-state index is 12.4. The molecule has 0 aliphatic carbocycles. The fraction of sp³-hybridized carbons (Fsp3) is 0.263. The Kier molecular flexibility index (Phi) is 5.63. The number of hydrogen-bond acceptors (Lipinski definition) is 6. The van der Waals surface area contributed by atoms with E-state index in [1.165, 1.54) is 11.3 Å². The largest absolute Gasteiger partial charge is 0.465 e. The smallest absolute Gasteiger partial charge is 0.323 e. The highest BCUT2D eigenvalue weighted by Crippen LogP contribution is 2.20. The van der Waals surface area contributed by atoms with E-state index in [-0.39, 0.29) is 5.97 Å². The molecule has 3 N–H and O–H groups in total. The van der Waals surface area contributed by atoms with Crippen molar-refractivity contribution in [1.82, 2.24) is 10.3 Å². The Labute approximate surface area is 150 Å². The predicted octanol–water partition coefficient (Wildman–Crippen LogP) is 3.14. The summed E-state index contributed by atoms with van der Waals surface area (Å²) in [7, 11) is 0. The molecule has 0 saturated carbocycles. The van der Waals surface area contributed by atoms with Crippen molar-refractivity contribution in [3.8, 4) is 0 Å². The molecule has 1 heterocycles. The molecule has 25 heavy (non-hydrogen) atoms. The first kappa shape index (κ1) is 17.4. The Morgan fingerprint density at radius 3 is 2.84 bits per heavy atom. The first-order valence-electron chi connectivity index (χ1n) is 8.24. The molecular weight excluding hydrogens is 334 g/mol. The molecule has 0 bridgehead atoms. The van der Waals surface area contributed by atoms with Crippen molar-refractivity contribution in [3.05, 3.63) is 59.1 Å².